The molecule has 1 aliphatic rings. The van der Waals surface area contributed by atoms with Crippen LogP contribution in [-0.4, -0.2) is 20.3 Å². The lowest BCUT2D eigenvalue weighted by atomic mass is 9.89. The van der Waals surface area contributed by atoms with Crippen LogP contribution in [0.4, 0.5) is 0 Å². The quantitative estimate of drug-likeness (QED) is 0.808. The molecule has 0 saturated carbocycles. The number of thiophene rings is 1. The number of fused-ring (bicyclic) bond motifs is 1. The van der Waals surface area contributed by atoms with E-state index in [-0.39, 0.29) is 0 Å². The van der Waals surface area contributed by atoms with E-state index in [2.05, 4.69) is 32.2 Å². The third kappa shape index (κ3) is 4.31. The Kier molecular flexibility index (Phi) is 5.65. The Hall–Kier alpha value is -0.380. The van der Waals surface area contributed by atoms with Gasteiger partial charge in [0, 0.05) is 36.1 Å². The van der Waals surface area contributed by atoms with Crippen LogP contribution in [0.3, 0.4) is 0 Å². The van der Waals surface area contributed by atoms with Crippen molar-refractivity contribution in [2.75, 3.05) is 20.3 Å². The van der Waals surface area contributed by atoms with Gasteiger partial charge in [0.05, 0.1) is 0 Å². The Balaban J connectivity index is 1.88. The standard InChI is InChI=1S/C17H29NOS/c1-13(18-12-17(2,3)9-10-19-4)16-11-14-7-5-6-8-15(14)20-16/h11,13,18H,5-10,12H2,1-4H3. The van der Waals surface area contributed by atoms with Crippen LogP contribution < -0.4 is 5.32 Å². The molecule has 1 heterocycles. The van der Waals surface area contributed by atoms with E-state index in [0.29, 0.717) is 11.5 Å². The number of hydrogen-bond donors (Lipinski definition) is 1. The van der Waals surface area contributed by atoms with Crippen LogP contribution in [0.2, 0.25) is 0 Å². The van der Waals surface area contributed by atoms with Gasteiger partial charge in [0.15, 0.2) is 0 Å². The van der Waals surface area contributed by atoms with Crippen molar-refractivity contribution in [2.24, 2.45) is 5.41 Å². The van der Waals surface area contributed by atoms with Gasteiger partial charge in [-0.25, -0.2) is 0 Å². The fourth-order valence-corrected chi connectivity index (χ4v) is 4.01. The number of methoxy groups -OCH3 is 1. The van der Waals surface area contributed by atoms with Crippen molar-refractivity contribution in [3.05, 3.63) is 21.4 Å². The van der Waals surface area contributed by atoms with E-state index in [1.54, 1.807) is 17.6 Å². The minimum absolute atomic E-state index is 0.293. The van der Waals surface area contributed by atoms with Gasteiger partial charge < -0.3 is 10.1 Å². The molecule has 0 aromatic carbocycles. The number of nitrogens with one attached hydrogen (secondary N) is 1. The highest BCUT2D eigenvalue weighted by atomic mass is 32.1. The molecule has 0 amide bonds. The fraction of sp³-hybridized carbons (Fsp3) is 0.765. The zero-order valence-electron chi connectivity index (χ0n) is 13.4. The molecular formula is C17H29NOS. The Bertz CT molecular complexity index is 401. The van der Waals surface area contributed by atoms with Crippen molar-refractivity contribution >= 4 is 11.3 Å². The highest BCUT2D eigenvalue weighted by Crippen LogP contribution is 2.33. The average Bonchev–Trinajstić information content (AvgIpc) is 2.86. The average molecular weight is 295 g/mol. The smallest absolute Gasteiger partial charge is 0.0467 e. The normalized spacial score (nSPS) is 17.0. The first-order valence-corrected chi connectivity index (χ1v) is 8.67. The van der Waals surface area contributed by atoms with Gasteiger partial charge in [0.2, 0.25) is 0 Å². The van der Waals surface area contributed by atoms with Gasteiger partial charge in [-0.2, -0.15) is 0 Å². The lowest BCUT2D eigenvalue weighted by Crippen LogP contribution is -2.31. The summed E-state index contributed by atoms with van der Waals surface area (Å²) in [5, 5.41) is 3.71. The second-order valence-electron chi connectivity index (χ2n) is 6.81. The van der Waals surface area contributed by atoms with Crippen molar-refractivity contribution in [1.82, 2.24) is 5.32 Å². The summed E-state index contributed by atoms with van der Waals surface area (Å²) in [5.41, 5.74) is 1.91. The first kappa shape index (κ1) is 16.0. The summed E-state index contributed by atoms with van der Waals surface area (Å²) in [5.74, 6) is 0. The lowest BCUT2D eigenvalue weighted by molar-refractivity contribution is 0.149. The summed E-state index contributed by atoms with van der Waals surface area (Å²) in [7, 11) is 1.78. The lowest BCUT2D eigenvalue weighted by Gasteiger charge is -2.26. The van der Waals surface area contributed by atoms with Crippen LogP contribution in [-0.2, 0) is 17.6 Å². The van der Waals surface area contributed by atoms with Gasteiger partial charge in [-0.3, -0.25) is 0 Å². The second-order valence-corrected chi connectivity index (χ2v) is 7.98. The largest absolute Gasteiger partial charge is 0.385 e. The maximum absolute atomic E-state index is 5.20. The molecule has 0 aliphatic heterocycles. The van der Waals surface area contributed by atoms with Crippen molar-refractivity contribution < 1.29 is 4.74 Å². The highest BCUT2D eigenvalue weighted by Gasteiger charge is 2.20. The van der Waals surface area contributed by atoms with Crippen molar-refractivity contribution in [1.29, 1.82) is 0 Å². The van der Waals surface area contributed by atoms with Gasteiger partial charge >= 0.3 is 0 Å². The first-order valence-electron chi connectivity index (χ1n) is 7.85. The Morgan fingerprint density at radius 3 is 2.80 bits per heavy atom. The second kappa shape index (κ2) is 7.06. The topological polar surface area (TPSA) is 21.3 Å². The van der Waals surface area contributed by atoms with Crippen molar-refractivity contribution in [3.63, 3.8) is 0 Å². The van der Waals surface area contributed by atoms with E-state index in [1.165, 1.54) is 30.6 Å². The zero-order chi connectivity index (χ0) is 14.6. The summed E-state index contributed by atoms with van der Waals surface area (Å²) < 4.78 is 5.20. The van der Waals surface area contributed by atoms with E-state index in [4.69, 9.17) is 4.74 Å². The fourth-order valence-electron chi connectivity index (χ4n) is 2.72. The minimum atomic E-state index is 0.293. The van der Waals surface area contributed by atoms with E-state index < -0.39 is 0 Å². The maximum atomic E-state index is 5.20. The molecule has 0 bridgehead atoms. The maximum Gasteiger partial charge on any atom is 0.0467 e. The van der Waals surface area contributed by atoms with E-state index in [0.717, 1.165) is 19.6 Å². The number of hydrogen-bond acceptors (Lipinski definition) is 3. The van der Waals surface area contributed by atoms with Crippen LogP contribution in [0.25, 0.3) is 0 Å². The Labute approximate surface area is 127 Å². The summed E-state index contributed by atoms with van der Waals surface area (Å²) in [6, 6.07) is 2.91. The predicted octanol–water partition coefficient (Wildman–Crippen LogP) is 4.34. The SMILES string of the molecule is COCCC(C)(C)CNC(C)c1cc2c(s1)CCCC2. The monoisotopic (exact) mass is 295 g/mol. The number of aryl methyl sites for hydroxylation is 2. The van der Waals surface area contributed by atoms with Crippen LogP contribution in [0.5, 0.6) is 0 Å². The number of rotatable bonds is 7. The molecule has 0 saturated heterocycles. The minimum Gasteiger partial charge on any atom is -0.385 e. The molecule has 0 fully saturated rings. The van der Waals surface area contributed by atoms with Gasteiger partial charge in [0.25, 0.3) is 0 Å². The molecule has 3 heteroatoms. The molecule has 1 unspecified atom stereocenters. The molecule has 1 aliphatic carbocycles. The summed E-state index contributed by atoms with van der Waals surface area (Å²) in [4.78, 5) is 3.15. The van der Waals surface area contributed by atoms with Crippen LogP contribution >= 0.6 is 11.3 Å². The van der Waals surface area contributed by atoms with E-state index in [1.807, 2.05) is 11.3 Å². The molecule has 20 heavy (non-hydrogen) atoms. The molecule has 1 atom stereocenters. The van der Waals surface area contributed by atoms with Crippen molar-refractivity contribution in [3.8, 4) is 0 Å². The zero-order valence-corrected chi connectivity index (χ0v) is 14.2. The van der Waals surface area contributed by atoms with Gasteiger partial charge in [-0.05, 0) is 56.1 Å². The van der Waals surface area contributed by atoms with Crippen LogP contribution in [0, 0.1) is 5.41 Å². The van der Waals surface area contributed by atoms with Crippen LogP contribution in [0.1, 0.15) is 61.4 Å². The van der Waals surface area contributed by atoms with E-state index >= 15 is 0 Å². The van der Waals surface area contributed by atoms with E-state index in [9.17, 15) is 0 Å². The highest BCUT2D eigenvalue weighted by molar-refractivity contribution is 7.12. The van der Waals surface area contributed by atoms with Crippen LogP contribution in [0.15, 0.2) is 6.07 Å². The summed E-state index contributed by atoms with van der Waals surface area (Å²) in [6.45, 7) is 8.80. The molecule has 0 spiro atoms. The van der Waals surface area contributed by atoms with Gasteiger partial charge in [-0.15, -0.1) is 11.3 Å². The third-order valence-electron chi connectivity index (χ3n) is 4.31. The molecule has 1 aromatic heterocycles. The molecule has 1 aromatic rings. The molecule has 1 N–H and O–H groups in total. The first-order chi connectivity index (χ1) is 9.52. The third-order valence-corrected chi connectivity index (χ3v) is 5.73. The Morgan fingerprint density at radius 2 is 2.10 bits per heavy atom. The molecular weight excluding hydrogens is 266 g/mol. The predicted molar refractivity (Wildman–Crippen MR) is 87.7 cm³/mol. The summed E-state index contributed by atoms with van der Waals surface area (Å²) >= 11 is 2.02. The summed E-state index contributed by atoms with van der Waals surface area (Å²) in [6.07, 6.45) is 6.43. The molecule has 114 valence electrons. The van der Waals surface area contributed by atoms with Gasteiger partial charge in [0.1, 0.15) is 0 Å². The van der Waals surface area contributed by atoms with Crippen molar-refractivity contribution in [2.45, 2.75) is 58.9 Å². The molecule has 0 radical (unpaired) electrons. The molecule has 2 rings (SSSR count). The van der Waals surface area contributed by atoms with Gasteiger partial charge in [-0.1, -0.05) is 13.8 Å². The Morgan fingerprint density at radius 1 is 1.35 bits per heavy atom. The number of ether oxygens (including phenoxy) is 1. The molecule has 2 nitrogen and oxygen atoms in total.